The molecule has 0 amide bonds. The van der Waals surface area contributed by atoms with Crippen molar-refractivity contribution in [3.63, 3.8) is 0 Å². The van der Waals surface area contributed by atoms with E-state index in [4.69, 9.17) is 9.41 Å². The number of hydrogen-bond acceptors (Lipinski definition) is 4. The van der Waals surface area contributed by atoms with Crippen molar-refractivity contribution < 1.29 is 4.42 Å². The van der Waals surface area contributed by atoms with Gasteiger partial charge in [-0.3, -0.25) is 0 Å². The highest BCUT2D eigenvalue weighted by atomic mass is 32.1. The lowest BCUT2D eigenvalue weighted by atomic mass is 10.2. The van der Waals surface area contributed by atoms with Crippen LogP contribution in [0.15, 0.2) is 34.0 Å². The van der Waals surface area contributed by atoms with Crippen LogP contribution >= 0.6 is 11.3 Å². The third-order valence-electron chi connectivity index (χ3n) is 4.26. The normalized spacial score (nSPS) is 15.8. The van der Waals surface area contributed by atoms with Crippen LogP contribution in [0.4, 0.5) is 0 Å². The molecule has 0 aromatic carbocycles. The molecule has 3 rings (SSSR count). The molecule has 1 saturated carbocycles. The van der Waals surface area contributed by atoms with Gasteiger partial charge in [-0.25, -0.2) is 9.98 Å². The molecule has 24 heavy (non-hydrogen) atoms. The van der Waals surface area contributed by atoms with E-state index in [9.17, 15) is 0 Å². The molecular weight excluding hydrogens is 320 g/mol. The molecule has 0 unspecified atom stereocenters. The highest BCUT2D eigenvalue weighted by Gasteiger charge is 2.16. The van der Waals surface area contributed by atoms with Crippen molar-refractivity contribution in [2.75, 3.05) is 6.54 Å². The molecule has 0 spiro atoms. The lowest BCUT2D eigenvalue weighted by Gasteiger charge is -2.17. The van der Waals surface area contributed by atoms with Gasteiger partial charge >= 0.3 is 0 Å². The monoisotopic (exact) mass is 346 g/mol. The average Bonchev–Trinajstić information content (AvgIpc) is 3.34. The zero-order valence-electron chi connectivity index (χ0n) is 14.3. The third kappa shape index (κ3) is 5.09. The van der Waals surface area contributed by atoms with Crippen molar-refractivity contribution in [2.45, 2.75) is 58.0 Å². The van der Waals surface area contributed by atoms with Crippen LogP contribution in [-0.4, -0.2) is 23.5 Å². The van der Waals surface area contributed by atoms with Crippen molar-refractivity contribution in [1.29, 1.82) is 0 Å². The topological polar surface area (TPSA) is 62.5 Å². The number of furan rings is 1. The van der Waals surface area contributed by atoms with E-state index in [1.54, 1.807) is 17.6 Å². The maximum Gasteiger partial charge on any atom is 0.191 e. The second kappa shape index (κ2) is 8.87. The molecule has 2 aromatic heterocycles. The molecule has 2 heterocycles. The summed E-state index contributed by atoms with van der Waals surface area (Å²) in [5.74, 6) is 1.89. The summed E-state index contributed by atoms with van der Waals surface area (Å²) in [6.07, 6.45) is 10.7. The summed E-state index contributed by atoms with van der Waals surface area (Å²) in [5.41, 5.74) is 0. The number of aromatic nitrogens is 1. The van der Waals surface area contributed by atoms with Gasteiger partial charge < -0.3 is 15.1 Å². The first-order chi connectivity index (χ1) is 11.8. The van der Waals surface area contributed by atoms with E-state index in [0.29, 0.717) is 12.6 Å². The molecule has 1 aliphatic carbocycles. The molecule has 0 saturated heterocycles. The second-order valence-corrected chi connectivity index (χ2v) is 7.32. The Kier molecular flexibility index (Phi) is 6.29. The standard InChI is InChI=1S/C18H26N4OS/c1-2-16-12-20-17(24-16)13-21-18(22-14-6-3-4-7-14)19-10-9-15-8-5-11-23-15/h5,8,11-12,14H,2-4,6-7,9-10,13H2,1H3,(H2,19,21,22). The average molecular weight is 347 g/mol. The largest absolute Gasteiger partial charge is 0.469 e. The number of aryl methyl sites for hydroxylation is 1. The number of aliphatic imine (C=N–C) groups is 1. The minimum Gasteiger partial charge on any atom is -0.469 e. The number of guanidine groups is 1. The number of rotatable bonds is 7. The smallest absolute Gasteiger partial charge is 0.191 e. The van der Waals surface area contributed by atoms with E-state index >= 15 is 0 Å². The maximum absolute atomic E-state index is 5.38. The van der Waals surface area contributed by atoms with Gasteiger partial charge in [-0.2, -0.15) is 0 Å². The highest BCUT2D eigenvalue weighted by Crippen LogP contribution is 2.18. The maximum atomic E-state index is 5.38. The number of nitrogens with one attached hydrogen (secondary N) is 2. The molecule has 0 bridgehead atoms. The van der Waals surface area contributed by atoms with Gasteiger partial charge in [-0.05, 0) is 31.4 Å². The Labute approximate surface area is 147 Å². The van der Waals surface area contributed by atoms with Crippen LogP contribution in [0.3, 0.4) is 0 Å². The molecule has 1 fully saturated rings. The molecule has 1 aliphatic rings. The van der Waals surface area contributed by atoms with Crippen LogP contribution < -0.4 is 10.6 Å². The summed E-state index contributed by atoms with van der Waals surface area (Å²) >= 11 is 1.75. The summed E-state index contributed by atoms with van der Waals surface area (Å²) in [6, 6.07) is 4.47. The number of hydrogen-bond donors (Lipinski definition) is 2. The van der Waals surface area contributed by atoms with Crippen LogP contribution in [0, 0.1) is 0 Å². The van der Waals surface area contributed by atoms with Gasteiger partial charge in [0.1, 0.15) is 10.8 Å². The summed E-state index contributed by atoms with van der Waals surface area (Å²) in [6.45, 7) is 3.60. The van der Waals surface area contributed by atoms with Gasteiger partial charge in [0, 0.05) is 30.1 Å². The molecule has 5 nitrogen and oxygen atoms in total. The fourth-order valence-electron chi connectivity index (χ4n) is 2.91. The Balaban J connectivity index is 1.55. The molecule has 6 heteroatoms. The van der Waals surface area contributed by atoms with Crippen LogP contribution in [-0.2, 0) is 19.4 Å². The van der Waals surface area contributed by atoms with Crippen LogP contribution in [0.1, 0.15) is 48.3 Å². The van der Waals surface area contributed by atoms with Crippen molar-refractivity contribution in [3.05, 3.63) is 40.2 Å². The van der Waals surface area contributed by atoms with Crippen LogP contribution in [0.2, 0.25) is 0 Å². The first-order valence-electron chi connectivity index (χ1n) is 8.84. The Morgan fingerprint density at radius 1 is 1.42 bits per heavy atom. The fourth-order valence-corrected chi connectivity index (χ4v) is 3.69. The number of thiazole rings is 1. The zero-order valence-corrected chi connectivity index (χ0v) is 15.1. The molecule has 0 atom stereocenters. The third-order valence-corrected chi connectivity index (χ3v) is 5.39. The van der Waals surface area contributed by atoms with Gasteiger partial charge in [0.2, 0.25) is 0 Å². The molecular formula is C18H26N4OS. The Bertz CT molecular complexity index is 629. The first kappa shape index (κ1) is 17.0. The Morgan fingerprint density at radius 3 is 3.00 bits per heavy atom. The predicted octanol–water partition coefficient (Wildman–Crippen LogP) is 3.52. The van der Waals surface area contributed by atoms with E-state index in [1.807, 2.05) is 18.3 Å². The van der Waals surface area contributed by atoms with Crippen LogP contribution in [0.25, 0.3) is 0 Å². The molecule has 2 aromatic rings. The van der Waals surface area contributed by atoms with E-state index in [0.717, 1.165) is 36.1 Å². The summed E-state index contributed by atoms with van der Waals surface area (Å²) in [7, 11) is 0. The van der Waals surface area contributed by atoms with Gasteiger partial charge in [0.15, 0.2) is 5.96 Å². The molecule has 0 radical (unpaired) electrons. The summed E-state index contributed by atoms with van der Waals surface area (Å²) < 4.78 is 5.38. The van der Waals surface area contributed by atoms with Gasteiger partial charge in [0.05, 0.1) is 12.8 Å². The summed E-state index contributed by atoms with van der Waals surface area (Å²) in [5, 5.41) is 8.08. The fraction of sp³-hybridized carbons (Fsp3) is 0.556. The lowest BCUT2D eigenvalue weighted by molar-refractivity contribution is 0.506. The lowest BCUT2D eigenvalue weighted by Crippen LogP contribution is -2.43. The van der Waals surface area contributed by atoms with Crippen LogP contribution in [0.5, 0.6) is 0 Å². The van der Waals surface area contributed by atoms with Crippen molar-refractivity contribution in [3.8, 4) is 0 Å². The molecule has 2 N–H and O–H groups in total. The van der Waals surface area contributed by atoms with E-state index in [1.165, 1.54) is 30.6 Å². The van der Waals surface area contributed by atoms with E-state index in [-0.39, 0.29) is 0 Å². The van der Waals surface area contributed by atoms with Crippen molar-refractivity contribution in [1.82, 2.24) is 15.6 Å². The number of nitrogens with zero attached hydrogens (tertiary/aromatic N) is 2. The SMILES string of the molecule is CCc1cnc(CN=C(NCCc2ccco2)NC2CCCC2)s1. The van der Waals surface area contributed by atoms with Gasteiger partial charge in [-0.1, -0.05) is 19.8 Å². The predicted molar refractivity (Wildman–Crippen MR) is 98.4 cm³/mol. The van der Waals surface area contributed by atoms with E-state index in [2.05, 4.69) is 22.5 Å². The minimum absolute atomic E-state index is 0.544. The molecule has 0 aliphatic heterocycles. The Morgan fingerprint density at radius 2 is 2.29 bits per heavy atom. The highest BCUT2D eigenvalue weighted by molar-refractivity contribution is 7.11. The molecule has 130 valence electrons. The first-order valence-corrected chi connectivity index (χ1v) is 9.66. The summed E-state index contributed by atoms with van der Waals surface area (Å²) in [4.78, 5) is 10.5. The Hall–Kier alpha value is -1.82. The van der Waals surface area contributed by atoms with Gasteiger partial charge in [0.25, 0.3) is 0 Å². The zero-order chi connectivity index (χ0) is 16.6. The van der Waals surface area contributed by atoms with E-state index < -0.39 is 0 Å². The second-order valence-electron chi connectivity index (χ2n) is 6.12. The minimum atomic E-state index is 0.544. The van der Waals surface area contributed by atoms with Crippen molar-refractivity contribution in [2.24, 2.45) is 4.99 Å². The quantitative estimate of drug-likeness (QED) is 0.595. The van der Waals surface area contributed by atoms with Crippen molar-refractivity contribution >= 4 is 17.3 Å². The van der Waals surface area contributed by atoms with Gasteiger partial charge in [-0.15, -0.1) is 11.3 Å².